The number of carboxylic acids is 1. The summed E-state index contributed by atoms with van der Waals surface area (Å²) in [6, 6.07) is 9.25. The summed E-state index contributed by atoms with van der Waals surface area (Å²) >= 11 is 0. The van der Waals surface area contributed by atoms with Crippen molar-refractivity contribution in [2.24, 2.45) is 0 Å². The standard InChI is InChI=1S/C13H16O4/c1-2-6-12(13(14)15)17-10-9-16-11-7-4-3-5-8-11/h3-8H,2,9-10H2,1H3,(H,14,15)/p-1/b12-6+. The highest BCUT2D eigenvalue weighted by Gasteiger charge is 1.99. The summed E-state index contributed by atoms with van der Waals surface area (Å²) in [5.74, 6) is -0.707. The molecule has 92 valence electrons. The Morgan fingerprint density at radius 2 is 2.00 bits per heavy atom. The van der Waals surface area contributed by atoms with E-state index in [9.17, 15) is 9.90 Å². The molecule has 0 radical (unpaired) electrons. The summed E-state index contributed by atoms with van der Waals surface area (Å²) < 4.78 is 10.4. The molecule has 0 N–H and O–H groups in total. The van der Waals surface area contributed by atoms with Crippen molar-refractivity contribution in [1.29, 1.82) is 0 Å². The summed E-state index contributed by atoms with van der Waals surface area (Å²) in [6.45, 7) is 2.29. The highest BCUT2D eigenvalue weighted by atomic mass is 16.5. The molecule has 0 aromatic heterocycles. The Balaban J connectivity index is 2.28. The van der Waals surface area contributed by atoms with E-state index in [-0.39, 0.29) is 12.4 Å². The number of ether oxygens (including phenoxy) is 2. The van der Waals surface area contributed by atoms with Gasteiger partial charge >= 0.3 is 0 Å². The first-order valence-electron chi connectivity index (χ1n) is 5.46. The maximum Gasteiger partial charge on any atom is 0.138 e. The van der Waals surface area contributed by atoms with E-state index in [1.165, 1.54) is 6.08 Å². The van der Waals surface area contributed by atoms with Crippen LogP contribution >= 0.6 is 0 Å². The average Bonchev–Trinajstić information content (AvgIpc) is 2.34. The van der Waals surface area contributed by atoms with Crippen molar-refractivity contribution in [2.45, 2.75) is 13.3 Å². The van der Waals surface area contributed by atoms with Crippen molar-refractivity contribution in [3.05, 3.63) is 42.2 Å². The van der Waals surface area contributed by atoms with Gasteiger partial charge in [-0.25, -0.2) is 0 Å². The molecule has 1 rings (SSSR count). The smallest absolute Gasteiger partial charge is 0.138 e. The molecule has 0 aliphatic carbocycles. The Hall–Kier alpha value is -1.97. The molecule has 0 saturated carbocycles. The molecule has 0 spiro atoms. The van der Waals surface area contributed by atoms with Crippen LogP contribution in [0.5, 0.6) is 5.75 Å². The number of hydrogen-bond donors (Lipinski definition) is 0. The summed E-state index contributed by atoms with van der Waals surface area (Å²) in [5, 5.41) is 10.6. The molecule has 0 saturated heterocycles. The third kappa shape index (κ3) is 5.06. The highest BCUT2D eigenvalue weighted by molar-refractivity contribution is 5.82. The van der Waals surface area contributed by atoms with Gasteiger partial charge in [0.1, 0.15) is 30.7 Å². The highest BCUT2D eigenvalue weighted by Crippen LogP contribution is 2.08. The van der Waals surface area contributed by atoms with Gasteiger partial charge in [0.15, 0.2) is 0 Å². The molecule has 4 nitrogen and oxygen atoms in total. The molecule has 0 unspecified atom stereocenters. The lowest BCUT2D eigenvalue weighted by Crippen LogP contribution is -2.26. The van der Waals surface area contributed by atoms with Crippen LogP contribution in [0.2, 0.25) is 0 Å². The number of hydrogen-bond acceptors (Lipinski definition) is 4. The Morgan fingerprint density at radius 1 is 1.29 bits per heavy atom. The van der Waals surface area contributed by atoms with Gasteiger partial charge in [0.25, 0.3) is 0 Å². The van der Waals surface area contributed by atoms with Crippen molar-refractivity contribution in [1.82, 2.24) is 0 Å². The fourth-order valence-corrected chi connectivity index (χ4v) is 1.21. The molecule has 0 fully saturated rings. The minimum Gasteiger partial charge on any atom is -0.542 e. The van der Waals surface area contributed by atoms with E-state index in [0.29, 0.717) is 13.0 Å². The van der Waals surface area contributed by atoms with Crippen LogP contribution in [0, 0.1) is 0 Å². The number of benzene rings is 1. The second-order valence-electron chi connectivity index (χ2n) is 3.27. The van der Waals surface area contributed by atoms with Crippen molar-refractivity contribution in [3.8, 4) is 5.75 Å². The zero-order chi connectivity index (χ0) is 12.5. The lowest BCUT2D eigenvalue weighted by atomic mass is 10.3. The fourth-order valence-electron chi connectivity index (χ4n) is 1.21. The molecule has 1 aromatic rings. The number of rotatable bonds is 7. The van der Waals surface area contributed by atoms with Gasteiger partial charge in [-0.1, -0.05) is 25.1 Å². The minimum atomic E-state index is -1.30. The van der Waals surface area contributed by atoms with Gasteiger partial charge in [-0.2, -0.15) is 0 Å². The minimum absolute atomic E-state index is 0.135. The Morgan fingerprint density at radius 3 is 2.59 bits per heavy atom. The molecule has 17 heavy (non-hydrogen) atoms. The number of carboxylic acid groups (broad SMARTS) is 1. The van der Waals surface area contributed by atoms with E-state index >= 15 is 0 Å². The summed E-state index contributed by atoms with van der Waals surface area (Å²) in [5.41, 5.74) is 0. The summed E-state index contributed by atoms with van der Waals surface area (Å²) in [6.07, 6.45) is 2.06. The van der Waals surface area contributed by atoms with Crippen LogP contribution in [0.1, 0.15) is 13.3 Å². The quantitative estimate of drug-likeness (QED) is 0.404. The molecule has 0 amide bonds. The van der Waals surface area contributed by atoms with Crippen molar-refractivity contribution in [3.63, 3.8) is 0 Å². The third-order valence-electron chi connectivity index (χ3n) is 1.94. The molecule has 0 atom stereocenters. The van der Waals surface area contributed by atoms with Crippen molar-refractivity contribution in [2.75, 3.05) is 13.2 Å². The first-order chi connectivity index (χ1) is 8.24. The maximum atomic E-state index is 10.6. The van der Waals surface area contributed by atoms with Gasteiger partial charge in [0.05, 0.1) is 0 Å². The second kappa shape index (κ2) is 7.33. The molecule has 0 heterocycles. The van der Waals surface area contributed by atoms with Crippen LogP contribution in [0.4, 0.5) is 0 Å². The number of allylic oxidation sites excluding steroid dienone is 1. The molecule has 0 bridgehead atoms. The monoisotopic (exact) mass is 235 g/mol. The van der Waals surface area contributed by atoms with Gasteiger partial charge in [0.2, 0.25) is 0 Å². The Labute approximate surface area is 100 Å². The van der Waals surface area contributed by atoms with E-state index in [0.717, 1.165) is 5.75 Å². The lowest BCUT2D eigenvalue weighted by molar-refractivity contribution is -0.303. The van der Waals surface area contributed by atoms with Gasteiger partial charge in [-0.3, -0.25) is 0 Å². The molecule has 0 aliphatic rings. The lowest BCUT2D eigenvalue weighted by Gasteiger charge is -2.11. The van der Waals surface area contributed by atoms with Crippen LogP contribution in [-0.4, -0.2) is 19.2 Å². The van der Waals surface area contributed by atoms with Gasteiger partial charge in [-0.15, -0.1) is 0 Å². The van der Waals surface area contributed by atoms with Crippen LogP contribution in [0.15, 0.2) is 42.2 Å². The SMILES string of the molecule is CC/C=C(/OCCOc1ccccc1)C(=O)[O-]. The molecular formula is C13H15O4-. The van der Waals surface area contributed by atoms with E-state index in [1.54, 1.807) is 0 Å². The van der Waals surface area contributed by atoms with Crippen LogP contribution in [-0.2, 0) is 9.53 Å². The molecular weight excluding hydrogens is 220 g/mol. The molecule has 0 aliphatic heterocycles. The van der Waals surface area contributed by atoms with Crippen LogP contribution in [0.25, 0.3) is 0 Å². The van der Waals surface area contributed by atoms with E-state index in [4.69, 9.17) is 9.47 Å². The normalized spacial score (nSPS) is 11.0. The average molecular weight is 235 g/mol. The predicted molar refractivity (Wildman–Crippen MR) is 61.3 cm³/mol. The number of carbonyl (C=O) groups excluding carboxylic acids is 1. The fraction of sp³-hybridized carbons (Fsp3) is 0.308. The third-order valence-corrected chi connectivity index (χ3v) is 1.94. The zero-order valence-corrected chi connectivity index (χ0v) is 9.72. The van der Waals surface area contributed by atoms with Gasteiger partial charge in [0, 0.05) is 0 Å². The summed E-state index contributed by atoms with van der Waals surface area (Å²) in [4.78, 5) is 10.6. The second-order valence-corrected chi connectivity index (χ2v) is 3.27. The van der Waals surface area contributed by atoms with E-state index in [2.05, 4.69) is 0 Å². The first kappa shape index (κ1) is 13.1. The maximum absolute atomic E-state index is 10.6. The zero-order valence-electron chi connectivity index (χ0n) is 9.72. The largest absolute Gasteiger partial charge is 0.542 e. The molecule has 1 aromatic carbocycles. The van der Waals surface area contributed by atoms with E-state index < -0.39 is 5.97 Å². The predicted octanol–water partition coefficient (Wildman–Crippen LogP) is 1.13. The number of carbonyl (C=O) groups is 1. The number of para-hydroxylation sites is 1. The van der Waals surface area contributed by atoms with Crippen molar-refractivity contribution < 1.29 is 19.4 Å². The van der Waals surface area contributed by atoms with Gasteiger partial charge in [-0.05, 0) is 24.6 Å². The topological polar surface area (TPSA) is 58.6 Å². The molecule has 4 heteroatoms. The first-order valence-corrected chi connectivity index (χ1v) is 5.46. The number of aliphatic carboxylic acids is 1. The Kier molecular flexibility index (Phi) is 5.64. The Bertz CT molecular complexity index is 370. The van der Waals surface area contributed by atoms with E-state index in [1.807, 2.05) is 37.3 Å². The van der Waals surface area contributed by atoms with Crippen LogP contribution < -0.4 is 9.84 Å². The van der Waals surface area contributed by atoms with Crippen molar-refractivity contribution >= 4 is 5.97 Å². The van der Waals surface area contributed by atoms with Gasteiger partial charge < -0.3 is 19.4 Å². The summed E-state index contributed by atoms with van der Waals surface area (Å²) in [7, 11) is 0. The van der Waals surface area contributed by atoms with Crippen LogP contribution in [0.3, 0.4) is 0 Å².